The van der Waals surface area contributed by atoms with Crippen molar-refractivity contribution >= 4 is 38.2 Å². The van der Waals surface area contributed by atoms with Gasteiger partial charge in [0.15, 0.2) is 0 Å². The maximum absolute atomic E-state index is 13.2. The zero-order valence-corrected chi connectivity index (χ0v) is 11.0. The number of aromatic nitrogens is 1. The minimum absolute atomic E-state index is 0.235. The predicted octanol–water partition coefficient (Wildman–Crippen LogP) is 4.81. The number of H-pyrrole nitrogens is 1. The van der Waals surface area contributed by atoms with E-state index in [0.29, 0.717) is 0 Å². The lowest BCUT2D eigenvalue weighted by Gasteiger charge is -2.04. The largest absolute Gasteiger partial charge is 0.359 e. The number of fused-ring (bicyclic) bond motifs is 1. The first-order chi connectivity index (χ1) is 8.72. The molecule has 18 heavy (non-hydrogen) atoms. The Kier molecular flexibility index (Phi) is 2.80. The highest BCUT2D eigenvalue weighted by atomic mass is 79.9. The Labute approximate surface area is 112 Å². The van der Waals surface area contributed by atoms with Crippen LogP contribution in [-0.2, 0) is 0 Å². The van der Waals surface area contributed by atoms with Crippen LogP contribution >= 0.6 is 15.9 Å². The van der Waals surface area contributed by atoms with E-state index in [4.69, 9.17) is 0 Å². The molecule has 1 aromatic heterocycles. The molecule has 0 fully saturated rings. The zero-order valence-electron chi connectivity index (χ0n) is 9.37. The van der Waals surface area contributed by atoms with Crippen molar-refractivity contribution in [3.63, 3.8) is 0 Å². The monoisotopic (exact) mass is 304 g/mol. The van der Waals surface area contributed by atoms with Gasteiger partial charge in [-0.25, -0.2) is 4.39 Å². The lowest BCUT2D eigenvalue weighted by atomic mass is 10.2. The molecule has 0 saturated carbocycles. The van der Waals surface area contributed by atoms with Gasteiger partial charge >= 0.3 is 0 Å². The lowest BCUT2D eigenvalue weighted by molar-refractivity contribution is 0.630. The van der Waals surface area contributed by atoms with Gasteiger partial charge in [-0.1, -0.05) is 15.9 Å². The van der Waals surface area contributed by atoms with Crippen molar-refractivity contribution in [1.82, 2.24) is 4.98 Å². The van der Waals surface area contributed by atoms with Crippen LogP contribution in [0.3, 0.4) is 0 Å². The summed E-state index contributed by atoms with van der Waals surface area (Å²) in [6.45, 7) is 0. The normalized spacial score (nSPS) is 10.8. The third kappa shape index (κ3) is 2.11. The average molecular weight is 305 g/mol. The van der Waals surface area contributed by atoms with Crippen molar-refractivity contribution in [2.45, 2.75) is 0 Å². The van der Waals surface area contributed by atoms with Gasteiger partial charge in [-0.15, -0.1) is 0 Å². The van der Waals surface area contributed by atoms with Gasteiger partial charge in [0.25, 0.3) is 0 Å². The van der Waals surface area contributed by atoms with E-state index in [1.54, 1.807) is 6.07 Å². The second-order valence-electron chi connectivity index (χ2n) is 4.02. The van der Waals surface area contributed by atoms with Crippen molar-refractivity contribution in [2.75, 3.05) is 5.32 Å². The minimum atomic E-state index is -0.235. The molecule has 0 radical (unpaired) electrons. The third-order valence-electron chi connectivity index (χ3n) is 2.77. The molecule has 0 aliphatic rings. The molecular formula is C14H10BrFN2. The summed E-state index contributed by atoms with van der Waals surface area (Å²) in [5, 5.41) is 4.11. The van der Waals surface area contributed by atoms with Crippen molar-refractivity contribution in [3.8, 4) is 0 Å². The molecule has 90 valence electrons. The Balaban J connectivity index is 1.99. The molecule has 2 aromatic carbocycles. The number of hydrogen-bond donors (Lipinski definition) is 2. The van der Waals surface area contributed by atoms with Crippen LogP contribution in [0.4, 0.5) is 15.8 Å². The molecule has 3 aromatic rings. The van der Waals surface area contributed by atoms with Gasteiger partial charge in [-0.05, 0) is 42.5 Å². The fraction of sp³-hybridized carbons (Fsp3) is 0. The number of rotatable bonds is 2. The van der Waals surface area contributed by atoms with E-state index < -0.39 is 0 Å². The molecule has 0 unspecified atom stereocenters. The summed E-state index contributed by atoms with van der Waals surface area (Å²) in [5.74, 6) is -0.235. The Hall–Kier alpha value is -1.81. The van der Waals surface area contributed by atoms with Crippen molar-refractivity contribution in [2.24, 2.45) is 0 Å². The molecular weight excluding hydrogens is 295 g/mol. The highest BCUT2D eigenvalue weighted by molar-refractivity contribution is 9.10. The Morgan fingerprint density at radius 3 is 2.61 bits per heavy atom. The van der Waals surface area contributed by atoms with Crippen LogP contribution in [-0.4, -0.2) is 4.98 Å². The summed E-state index contributed by atoms with van der Waals surface area (Å²) in [4.78, 5) is 3.11. The number of benzene rings is 2. The number of aromatic amines is 1. The first-order valence-electron chi connectivity index (χ1n) is 5.51. The quantitative estimate of drug-likeness (QED) is 0.698. The van der Waals surface area contributed by atoms with Gasteiger partial charge in [-0.2, -0.15) is 0 Å². The molecule has 0 aliphatic carbocycles. The van der Waals surface area contributed by atoms with E-state index in [9.17, 15) is 4.39 Å². The molecule has 0 aliphatic heterocycles. The summed E-state index contributed by atoms with van der Waals surface area (Å²) in [7, 11) is 0. The molecule has 3 rings (SSSR count). The highest BCUT2D eigenvalue weighted by Crippen LogP contribution is 2.27. The van der Waals surface area contributed by atoms with Gasteiger partial charge in [0.05, 0.1) is 5.69 Å². The maximum Gasteiger partial charge on any atom is 0.124 e. The van der Waals surface area contributed by atoms with Gasteiger partial charge in [0.1, 0.15) is 5.82 Å². The second kappa shape index (κ2) is 4.46. The van der Waals surface area contributed by atoms with Crippen LogP contribution in [0.2, 0.25) is 0 Å². The Morgan fingerprint density at radius 1 is 1.06 bits per heavy atom. The van der Waals surface area contributed by atoms with Crippen molar-refractivity contribution in [3.05, 3.63) is 59.0 Å². The molecule has 0 bridgehead atoms. The Morgan fingerprint density at radius 2 is 1.83 bits per heavy atom. The minimum Gasteiger partial charge on any atom is -0.359 e. The summed E-state index contributed by atoms with van der Waals surface area (Å²) in [5.41, 5.74) is 2.74. The lowest BCUT2D eigenvalue weighted by Crippen LogP contribution is -1.88. The summed E-state index contributed by atoms with van der Waals surface area (Å²) in [6, 6.07) is 12.5. The summed E-state index contributed by atoms with van der Waals surface area (Å²) in [6.07, 6.45) is 1.84. The van der Waals surface area contributed by atoms with E-state index in [1.165, 1.54) is 12.1 Å². The highest BCUT2D eigenvalue weighted by Gasteiger charge is 2.04. The number of halogens is 2. The second-order valence-corrected chi connectivity index (χ2v) is 4.94. The van der Waals surface area contributed by atoms with Crippen molar-refractivity contribution in [1.29, 1.82) is 0 Å². The van der Waals surface area contributed by atoms with Crippen molar-refractivity contribution < 1.29 is 4.39 Å². The van der Waals surface area contributed by atoms with Crippen LogP contribution in [0.25, 0.3) is 10.9 Å². The molecule has 4 heteroatoms. The molecule has 0 amide bonds. The maximum atomic E-state index is 13.2. The standard InChI is InChI=1S/C14H10BrFN2/c15-9-1-4-11(5-2-9)18-14-8-17-13-6-3-10(16)7-12(13)14/h1-8,17-18H. The summed E-state index contributed by atoms with van der Waals surface area (Å²) >= 11 is 3.39. The zero-order chi connectivity index (χ0) is 12.5. The van der Waals surface area contributed by atoms with E-state index in [0.717, 1.165) is 26.8 Å². The molecule has 1 heterocycles. The predicted molar refractivity (Wildman–Crippen MR) is 75.7 cm³/mol. The van der Waals surface area contributed by atoms with Gasteiger partial charge in [0.2, 0.25) is 0 Å². The number of nitrogens with one attached hydrogen (secondary N) is 2. The van der Waals surface area contributed by atoms with E-state index in [1.807, 2.05) is 30.5 Å². The van der Waals surface area contributed by atoms with Gasteiger partial charge in [-0.3, -0.25) is 0 Å². The van der Waals surface area contributed by atoms with E-state index >= 15 is 0 Å². The smallest absolute Gasteiger partial charge is 0.124 e. The number of hydrogen-bond acceptors (Lipinski definition) is 1. The van der Waals surface area contributed by atoms with Gasteiger partial charge < -0.3 is 10.3 Å². The SMILES string of the molecule is Fc1ccc2[nH]cc(Nc3ccc(Br)cc3)c2c1. The van der Waals surface area contributed by atoms with E-state index in [-0.39, 0.29) is 5.82 Å². The molecule has 2 nitrogen and oxygen atoms in total. The summed E-state index contributed by atoms with van der Waals surface area (Å²) < 4.78 is 14.3. The van der Waals surface area contributed by atoms with Crippen LogP contribution in [0.5, 0.6) is 0 Å². The fourth-order valence-corrected chi connectivity index (χ4v) is 2.15. The fourth-order valence-electron chi connectivity index (χ4n) is 1.88. The van der Waals surface area contributed by atoms with Gasteiger partial charge in [0, 0.05) is 27.3 Å². The average Bonchev–Trinajstić information content (AvgIpc) is 2.75. The molecule has 0 spiro atoms. The Bertz CT molecular complexity index is 689. The van der Waals surface area contributed by atoms with Crippen LogP contribution < -0.4 is 5.32 Å². The van der Waals surface area contributed by atoms with E-state index in [2.05, 4.69) is 26.2 Å². The van der Waals surface area contributed by atoms with Crippen LogP contribution in [0.15, 0.2) is 53.1 Å². The molecule has 0 atom stereocenters. The first kappa shape index (κ1) is 11.3. The molecule has 0 saturated heterocycles. The topological polar surface area (TPSA) is 27.8 Å². The third-order valence-corrected chi connectivity index (χ3v) is 3.30. The van der Waals surface area contributed by atoms with Crippen LogP contribution in [0.1, 0.15) is 0 Å². The van der Waals surface area contributed by atoms with Crippen LogP contribution in [0, 0.1) is 5.82 Å². The molecule has 2 N–H and O–H groups in total. The first-order valence-corrected chi connectivity index (χ1v) is 6.31. The number of anilines is 2.